The van der Waals surface area contributed by atoms with Crippen molar-refractivity contribution in [3.8, 4) is 5.75 Å². The molecule has 1 saturated carbocycles. The lowest BCUT2D eigenvalue weighted by Crippen LogP contribution is -2.35. The number of hydrogen-bond donors (Lipinski definition) is 0. The fourth-order valence-electron chi connectivity index (χ4n) is 2.26. The number of para-hydroxylation sites is 1. The van der Waals surface area contributed by atoms with Gasteiger partial charge in [0.1, 0.15) is 5.75 Å². The van der Waals surface area contributed by atoms with Gasteiger partial charge in [-0.2, -0.15) is 0 Å². The molecule has 0 bridgehead atoms. The molecule has 110 valence electrons. The highest BCUT2D eigenvalue weighted by Gasteiger charge is 2.20. The van der Waals surface area contributed by atoms with E-state index < -0.39 is 0 Å². The van der Waals surface area contributed by atoms with E-state index in [1.807, 2.05) is 56.2 Å². The molecule has 1 aromatic rings. The van der Waals surface area contributed by atoms with Gasteiger partial charge in [-0.1, -0.05) is 18.2 Å². The van der Waals surface area contributed by atoms with Crippen LogP contribution in [0.4, 0.5) is 0 Å². The summed E-state index contributed by atoms with van der Waals surface area (Å²) in [5.41, 5.74) is 1.15. The Bertz CT molecular complexity index is 455. The molecule has 0 amide bonds. The lowest BCUT2D eigenvalue weighted by atomic mass is 9.96. The Balaban J connectivity index is 2.09. The van der Waals surface area contributed by atoms with Crippen LogP contribution in [0.15, 0.2) is 29.3 Å². The molecule has 0 aromatic heterocycles. The minimum atomic E-state index is 0.405. The molecule has 0 N–H and O–H groups in total. The summed E-state index contributed by atoms with van der Waals surface area (Å²) >= 11 is 0. The van der Waals surface area contributed by atoms with Crippen LogP contribution in [-0.4, -0.2) is 50.1 Å². The third kappa shape index (κ3) is 3.65. The second kappa shape index (κ2) is 6.64. The van der Waals surface area contributed by atoms with Crippen LogP contribution >= 0.6 is 0 Å². The molecule has 0 heterocycles. The maximum atomic E-state index is 6.04. The molecule has 4 heteroatoms. The van der Waals surface area contributed by atoms with Gasteiger partial charge in [0.25, 0.3) is 0 Å². The fraction of sp³-hybridized carbons (Fsp3) is 0.562. The summed E-state index contributed by atoms with van der Waals surface area (Å²) in [6.45, 7) is 0.647. The van der Waals surface area contributed by atoms with Gasteiger partial charge < -0.3 is 14.5 Å². The van der Waals surface area contributed by atoms with Crippen molar-refractivity contribution >= 4 is 5.96 Å². The number of hydrogen-bond acceptors (Lipinski definition) is 2. The van der Waals surface area contributed by atoms with Crippen molar-refractivity contribution in [1.82, 2.24) is 9.80 Å². The van der Waals surface area contributed by atoms with Crippen molar-refractivity contribution in [1.29, 1.82) is 0 Å². The zero-order chi connectivity index (χ0) is 14.5. The highest BCUT2D eigenvalue weighted by atomic mass is 16.5. The molecule has 0 atom stereocenters. The van der Waals surface area contributed by atoms with Gasteiger partial charge in [0, 0.05) is 33.8 Å². The Morgan fingerprint density at radius 3 is 2.35 bits per heavy atom. The third-order valence-electron chi connectivity index (χ3n) is 3.51. The molecule has 1 fully saturated rings. The van der Waals surface area contributed by atoms with Gasteiger partial charge in [0.15, 0.2) is 5.96 Å². The smallest absolute Gasteiger partial charge is 0.195 e. The topological polar surface area (TPSA) is 28.1 Å². The van der Waals surface area contributed by atoms with Gasteiger partial charge in [-0.15, -0.1) is 0 Å². The van der Waals surface area contributed by atoms with Crippen molar-refractivity contribution in [2.75, 3.05) is 28.2 Å². The average molecular weight is 275 g/mol. The number of benzene rings is 1. The van der Waals surface area contributed by atoms with Gasteiger partial charge in [-0.05, 0) is 25.3 Å². The number of aliphatic imine (C=N–C) groups is 1. The normalized spacial score (nSPS) is 14.4. The quantitative estimate of drug-likeness (QED) is 0.624. The standard InChI is InChI=1S/C16H25N3O/c1-18(2)16(19(3)4)17-12-13-8-5-6-11-15(13)20-14-9-7-10-14/h5-6,8,11,14H,7,9-10,12H2,1-4H3. The molecule has 0 aliphatic heterocycles. The summed E-state index contributed by atoms with van der Waals surface area (Å²) in [6, 6.07) is 8.22. The first-order chi connectivity index (χ1) is 9.58. The molecule has 1 aromatic carbocycles. The highest BCUT2D eigenvalue weighted by Crippen LogP contribution is 2.27. The lowest BCUT2D eigenvalue weighted by Gasteiger charge is -2.27. The van der Waals surface area contributed by atoms with Gasteiger partial charge in [0.2, 0.25) is 0 Å². The fourth-order valence-corrected chi connectivity index (χ4v) is 2.26. The molecule has 4 nitrogen and oxygen atoms in total. The first-order valence-corrected chi connectivity index (χ1v) is 7.21. The summed E-state index contributed by atoms with van der Waals surface area (Å²) in [5.74, 6) is 1.95. The largest absolute Gasteiger partial charge is 0.490 e. The van der Waals surface area contributed by atoms with Gasteiger partial charge in [-0.25, -0.2) is 4.99 Å². The van der Waals surface area contributed by atoms with E-state index in [4.69, 9.17) is 9.73 Å². The SMILES string of the molecule is CN(C)C(=NCc1ccccc1OC1CCC1)N(C)C. The Morgan fingerprint density at radius 1 is 1.15 bits per heavy atom. The second-order valence-electron chi connectivity index (χ2n) is 5.68. The van der Waals surface area contributed by atoms with Crippen LogP contribution in [0.5, 0.6) is 5.75 Å². The van der Waals surface area contributed by atoms with E-state index in [-0.39, 0.29) is 0 Å². The van der Waals surface area contributed by atoms with Crippen LogP contribution in [0, 0.1) is 0 Å². The van der Waals surface area contributed by atoms with Crippen molar-refractivity contribution in [2.24, 2.45) is 4.99 Å². The van der Waals surface area contributed by atoms with E-state index in [0.29, 0.717) is 12.6 Å². The van der Waals surface area contributed by atoms with E-state index in [9.17, 15) is 0 Å². The van der Waals surface area contributed by atoms with Crippen molar-refractivity contribution in [3.05, 3.63) is 29.8 Å². The third-order valence-corrected chi connectivity index (χ3v) is 3.51. The molecule has 20 heavy (non-hydrogen) atoms. The zero-order valence-corrected chi connectivity index (χ0v) is 13.0. The Hall–Kier alpha value is -1.71. The Labute approximate surface area is 122 Å². The van der Waals surface area contributed by atoms with E-state index in [1.54, 1.807) is 0 Å². The van der Waals surface area contributed by atoms with E-state index in [2.05, 4.69) is 6.07 Å². The van der Waals surface area contributed by atoms with Gasteiger partial charge >= 0.3 is 0 Å². The molecule has 0 saturated heterocycles. The minimum absolute atomic E-state index is 0.405. The highest BCUT2D eigenvalue weighted by molar-refractivity contribution is 5.79. The maximum absolute atomic E-state index is 6.04. The molecule has 0 radical (unpaired) electrons. The van der Waals surface area contributed by atoms with Crippen molar-refractivity contribution < 1.29 is 4.74 Å². The number of nitrogens with zero attached hydrogens (tertiary/aromatic N) is 3. The van der Waals surface area contributed by atoms with Crippen LogP contribution in [-0.2, 0) is 6.54 Å². The molecule has 1 aliphatic rings. The molecular formula is C16H25N3O. The summed E-state index contributed by atoms with van der Waals surface area (Å²) < 4.78 is 6.04. The van der Waals surface area contributed by atoms with Crippen LogP contribution in [0.2, 0.25) is 0 Å². The van der Waals surface area contributed by atoms with E-state index >= 15 is 0 Å². The predicted octanol–water partition coefficient (Wildman–Crippen LogP) is 2.60. The first-order valence-electron chi connectivity index (χ1n) is 7.21. The Morgan fingerprint density at radius 2 is 1.80 bits per heavy atom. The molecule has 0 spiro atoms. The maximum Gasteiger partial charge on any atom is 0.195 e. The number of rotatable bonds is 4. The van der Waals surface area contributed by atoms with Gasteiger partial charge in [0.05, 0.1) is 12.6 Å². The molecule has 1 aliphatic carbocycles. The number of guanidine groups is 1. The van der Waals surface area contributed by atoms with E-state index in [1.165, 1.54) is 19.3 Å². The van der Waals surface area contributed by atoms with Crippen molar-refractivity contribution in [3.63, 3.8) is 0 Å². The van der Waals surface area contributed by atoms with Gasteiger partial charge in [-0.3, -0.25) is 0 Å². The second-order valence-corrected chi connectivity index (χ2v) is 5.68. The molecule has 0 unspecified atom stereocenters. The Kier molecular flexibility index (Phi) is 4.88. The van der Waals surface area contributed by atoms with Crippen LogP contribution in [0.1, 0.15) is 24.8 Å². The average Bonchev–Trinajstić information content (AvgIpc) is 2.34. The monoisotopic (exact) mass is 275 g/mol. The molecular weight excluding hydrogens is 250 g/mol. The van der Waals surface area contributed by atoms with Crippen molar-refractivity contribution in [2.45, 2.75) is 31.9 Å². The predicted molar refractivity (Wildman–Crippen MR) is 83.2 cm³/mol. The summed E-state index contributed by atoms with van der Waals surface area (Å²) in [5, 5.41) is 0. The van der Waals surface area contributed by atoms with E-state index in [0.717, 1.165) is 17.3 Å². The van der Waals surface area contributed by atoms with Crippen LogP contribution in [0.3, 0.4) is 0 Å². The minimum Gasteiger partial charge on any atom is -0.490 e. The molecule has 2 rings (SSSR count). The summed E-state index contributed by atoms with van der Waals surface area (Å²) in [6.07, 6.45) is 4.05. The zero-order valence-electron chi connectivity index (χ0n) is 13.0. The number of ether oxygens (including phenoxy) is 1. The van der Waals surface area contributed by atoms with Crippen LogP contribution < -0.4 is 4.74 Å². The first kappa shape index (κ1) is 14.7. The summed E-state index contributed by atoms with van der Waals surface area (Å²) in [7, 11) is 8.04. The summed E-state index contributed by atoms with van der Waals surface area (Å²) in [4.78, 5) is 8.74. The van der Waals surface area contributed by atoms with Crippen LogP contribution in [0.25, 0.3) is 0 Å². The lowest BCUT2D eigenvalue weighted by molar-refractivity contribution is 0.119.